The average Bonchev–Trinajstić information content (AvgIpc) is 3.01. The van der Waals surface area contributed by atoms with Crippen molar-refractivity contribution in [2.45, 2.75) is 23.5 Å². The van der Waals surface area contributed by atoms with Crippen LogP contribution in [-0.2, 0) is 9.59 Å². The first-order valence-corrected chi connectivity index (χ1v) is 12.2. The third-order valence-electron chi connectivity index (χ3n) is 5.62. The quantitative estimate of drug-likeness (QED) is 0.459. The second kappa shape index (κ2) is 11.2. The molecule has 1 N–H and O–H groups in total. The molecular weight excluding hydrogens is 464 g/mol. The van der Waals surface area contributed by atoms with Crippen molar-refractivity contribution in [1.82, 2.24) is 0 Å². The molecule has 1 atom stereocenters. The van der Waals surface area contributed by atoms with Gasteiger partial charge in [-0.1, -0.05) is 18.2 Å². The van der Waals surface area contributed by atoms with Crippen LogP contribution >= 0.6 is 11.8 Å². The van der Waals surface area contributed by atoms with Crippen LogP contribution in [0.5, 0.6) is 17.2 Å². The van der Waals surface area contributed by atoms with Gasteiger partial charge >= 0.3 is 0 Å². The number of nitrogens with zero attached hydrogens (tertiary/aromatic N) is 1. The van der Waals surface area contributed by atoms with Gasteiger partial charge in [0.05, 0.1) is 26.5 Å². The smallest absolute Gasteiger partial charge is 0.244 e. The van der Waals surface area contributed by atoms with Crippen LogP contribution in [0, 0.1) is 0 Å². The monoisotopic (exact) mass is 492 g/mol. The number of hydrogen-bond acceptors (Lipinski definition) is 6. The summed E-state index contributed by atoms with van der Waals surface area (Å²) < 4.78 is 16.3. The standard InChI is InChI=1S/C27H28N2O5S/c1-4-34-20-12-10-19(11-13-20)28-26(30)17-29-21-7-5-6-8-24(21)35-25(16-27(29)31)18-9-14-22(32-2)23(15-18)33-3/h5-15,25H,4,16-17H2,1-3H3,(H,28,30)/t25-/m1/s1. The van der Waals surface area contributed by atoms with Crippen LogP contribution in [0.25, 0.3) is 0 Å². The molecule has 4 rings (SSSR count). The van der Waals surface area contributed by atoms with E-state index in [-0.39, 0.29) is 30.0 Å². The molecular formula is C27H28N2O5S. The lowest BCUT2D eigenvalue weighted by Gasteiger charge is -2.22. The largest absolute Gasteiger partial charge is 0.494 e. The highest BCUT2D eigenvalue weighted by Crippen LogP contribution is 2.46. The van der Waals surface area contributed by atoms with Gasteiger partial charge < -0.3 is 24.4 Å². The van der Waals surface area contributed by atoms with Gasteiger partial charge in [-0.05, 0) is 61.0 Å². The fourth-order valence-electron chi connectivity index (χ4n) is 3.94. The van der Waals surface area contributed by atoms with Crippen molar-refractivity contribution < 1.29 is 23.8 Å². The number of hydrogen-bond donors (Lipinski definition) is 1. The lowest BCUT2D eigenvalue weighted by molar-refractivity contribution is -0.121. The van der Waals surface area contributed by atoms with E-state index in [1.54, 1.807) is 55.1 Å². The maximum atomic E-state index is 13.4. The Morgan fingerprint density at radius 1 is 1.03 bits per heavy atom. The van der Waals surface area contributed by atoms with Crippen LogP contribution in [0.3, 0.4) is 0 Å². The normalized spacial score (nSPS) is 15.1. The van der Waals surface area contributed by atoms with E-state index in [2.05, 4.69) is 5.32 Å². The van der Waals surface area contributed by atoms with E-state index in [4.69, 9.17) is 14.2 Å². The number of amides is 2. The SMILES string of the molecule is CCOc1ccc(NC(=O)CN2C(=O)C[C@H](c3ccc(OC)c(OC)c3)Sc3ccccc32)cc1. The molecule has 35 heavy (non-hydrogen) atoms. The lowest BCUT2D eigenvalue weighted by atomic mass is 10.1. The summed E-state index contributed by atoms with van der Waals surface area (Å²) in [6.07, 6.45) is 0.241. The van der Waals surface area contributed by atoms with Crippen molar-refractivity contribution >= 4 is 35.0 Å². The summed E-state index contributed by atoms with van der Waals surface area (Å²) in [6.45, 7) is 2.41. The molecule has 8 heteroatoms. The Morgan fingerprint density at radius 3 is 2.49 bits per heavy atom. The Labute approximate surface area is 209 Å². The Balaban J connectivity index is 1.54. The molecule has 1 aliphatic rings. The first kappa shape index (κ1) is 24.5. The van der Waals surface area contributed by atoms with E-state index in [0.717, 1.165) is 21.9 Å². The van der Waals surface area contributed by atoms with Gasteiger partial charge in [-0.25, -0.2) is 0 Å². The van der Waals surface area contributed by atoms with E-state index in [1.807, 2.05) is 49.4 Å². The molecule has 0 aromatic heterocycles. The summed E-state index contributed by atoms with van der Waals surface area (Å²) in [4.78, 5) is 28.8. The zero-order valence-electron chi connectivity index (χ0n) is 19.9. The van der Waals surface area contributed by atoms with Crippen LogP contribution < -0.4 is 24.4 Å². The number of benzene rings is 3. The number of rotatable bonds is 8. The van der Waals surface area contributed by atoms with Crippen molar-refractivity contribution in [3.8, 4) is 17.2 Å². The molecule has 1 heterocycles. The maximum Gasteiger partial charge on any atom is 0.244 e. The topological polar surface area (TPSA) is 77.1 Å². The average molecular weight is 493 g/mol. The molecule has 0 saturated carbocycles. The molecule has 0 aliphatic carbocycles. The minimum Gasteiger partial charge on any atom is -0.494 e. The fraction of sp³-hybridized carbons (Fsp3) is 0.259. The second-order valence-electron chi connectivity index (χ2n) is 7.88. The van der Waals surface area contributed by atoms with E-state index < -0.39 is 0 Å². The van der Waals surface area contributed by atoms with Gasteiger partial charge in [0.1, 0.15) is 12.3 Å². The fourth-order valence-corrected chi connectivity index (χ4v) is 5.21. The minimum atomic E-state index is -0.271. The van der Waals surface area contributed by atoms with Crippen molar-refractivity contribution in [3.05, 3.63) is 72.3 Å². The highest BCUT2D eigenvalue weighted by molar-refractivity contribution is 7.99. The Hall–Kier alpha value is -3.65. The molecule has 0 saturated heterocycles. The number of para-hydroxylation sites is 1. The molecule has 3 aromatic rings. The summed E-state index contributed by atoms with van der Waals surface area (Å²) in [5.74, 6) is 1.59. The Bertz CT molecular complexity index is 1200. The molecule has 7 nitrogen and oxygen atoms in total. The summed E-state index contributed by atoms with van der Waals surface area (Å²) in [6, 6.07) is 20.5. The van der Waals surface area contributed by atoms with E-state index in [9.17, 15) is 9.59 Å². The highest BCUT2D eigenvalue weighted by Gasteiger charge is 2.30. The molecule has 0 bridgehead atoms. The number of carbonyl (C=O) groups is 2. The van der Waals surface area contributed by atoms with Crippen LogP contribution in [0.15, 0.2) is 71.6 Å². The summed E-state index contributed by atoms with van der Waals surface area (Å²) in [5.41, 5.74) is 2.33. The minimum absolute atomic E-state index is 0.0811. The van der Waals surface area contributed by atoms with Gasteiger partial charge in [0.25, 0.3) is 0 Å². The van der Waals surface area contributed by atoms with Crippen molar-refractivity contribution in [1.29, 1.82) is 0 Å². The second-order valence-corrected chi connectivity index (χ2v) is 9.12. The number of carbonyl (C=O) groups excluding carboxylic acids is 2. The summed E-state index contributed by atoms with van der Waals surface area (Å²) >= 11 is 1.60. The molecule has 0 radical (unpaired) electrons. The van der Waals surface area contributed by atoms with Gasteiger partial charge in [0.15, 0.2) is 11.5 Å². The lowest BCUT2D eigenvalue weighted by Crippen LogP contribution is -2.38. The summed E-state index contributed by atoms with van der Waals surface area (Å²) in [5, 5.41) is 2.74. The zero-order valence-corrected chi connectivity index (χ0v) is 20.8. The molecule has 0 fully saturated rings. The third kappa shape index (κ3) is 5.71. The predicted octanol–water partition coefficient (Wildman–Crippen LogP) is 5.31. The zero-order chi connectivity index (χ0) is 24.8. The first-order chi connectivity index (χ1) is 17.0. The molecule has 3 aromatic carbocycles. The maximum absolute atomic E-state index is 13.4. The van der Waals surface area contributed by atoms with Crippen LogP contribution in [0.4, 0.5) is 11.4 Å². The van der Waals surface area contributed by atoms with Gasteiger partial charge in [-0.2, -0.15) is 0 Å². The molecule has 1 aliphatic heterocycles. The van der Waals surface area contributed by atoms with Crippen molar-refractivity contribution in [3.63, 3.8) is 0 Å². The molecule has 0 unspecified atom stereocenters. The number of thioether (sulfide) groups is 1. The molecule has 182 valence electrons. The summed E-state index contributed by atoms with van der Waals surface area (Å²) in [7, 11) is 3.18. The van der Waals surface area contributed by atoms with E-state index in [0.29, 0.717) is 23.8 Å². The van der Waals surface area contributed by atoms with Gasteiger partial charge in [0, 0.05) is 22.3 Å². The molecule has 2 amide bonds. The number of methoxy groups -OCH3 is 2. The first-order valence-electron chi connectivity index (χ1n) is 11.3. The van der Waals surface area contributed by atoms with E-state index >= 15 is 0 Å². The predicted molar refractivity (Wildman–Crippen MR) is 138 cm³/mol. The van der Waals surface area contributed by atoms with E-state index in [1.165, 1.54) is 0 Å². The number of anilines is 2. The highest BCUT2D eigenvalue weighted by atomic mass is 32.2. The van der Waals surface area contributed by atoms with Gasteiger partial charge in [-0.3, -0.25) is 9.59 Å². The third-order valence-corrected chi connectivity index (χ3v) is 6.94. The Morgan fingerprint density at radius 2 is 1.77 bits per heavy atom. The van der Waals surface area contributed by atoms with Crippen molar-refractivity contribution in [2.24, 2.45) is 0 Å². The van der Waals surface area contributed by atoms with Crippen LogP contribution in [0.1, 0.15) is 24.2 Å². The van der Waals surface area contributed by atoms with Crippen LogP contribution in [-0.4, -0.2) is 39.2 Å². The van der Waals surface area contributed by atoms with Crippen molar-refractivity contribution in [2.75, 3.05) is 37.6 Å². The van der Waals surface area contributed by atoms with Gasteiger partial charge in [0.2, 0.25) is 11.8 Å². The molecule has 0 spiro atoms. The van der Waals surface area contributed by atoms with Crippen LogP contribution in [0.2, 0.25) is 0 Å². The Kier molecular flexibility index (Phi) is 7.82. The number of nitrogens with one attached hydrogen (secondary N) is 1. The number of fused-ring (bicyclic) bond motifs is 1. The number of ether oxygens (including phenoxy) is 3. The van der Waals surface area contributed by atoms with Gasteiger partial charge in [-0.15, -0.1) is 11.8 Å².